The predicted molar refractivity (Wildman–Crippen MR) is 98.8 cm³/mol. The van der Waals surface area contributed by atoms with E-state index in [0.717, 1.165) is 6.42 Å². The molecule has 1 heterocycles. The number of ether oxygens (including phenoxy) is 4. The summed E-state index contributed by atoms with van der Waals surface area (Å²) in [6, 6.07) is 7.34. The molecule has 0 aliphatic carbocycles. The number of esters is 1. The molecule has 0 amide bonds. The van der Waals surface area contributed by atoms with Crippen molar-refractivity contribution >= 4 is 5.97 Å². The molecule has 1 aliphatic rings. The van der Waals surface area contributed by atoms with E-state index in [2.05, 4.69) is 6.07 Å². The average molecular weight is 372 g/mol. The van der Waals surface area contributed by atoms with Crippen LogP contribution in [0.4, 0.5) is 0 Å². The molecule has 0 spiro atoms. The van der Waals surface area contributed by atoms with Gasteiger partial charge in [-0.1, -0.05) is 19.1 Å². The van der Waals surface area contributed by atoms with Crippen molar-refractivity contribution in [3.63, 3.8) is 0 Å². The molecule has 0 saturated heterocycles. The van der Waals surface area contributed by atoms with Gasteiger partial charge >= 0.3 is 5.97 Å². The summed E-state index contributed by atoms with van der Waals surface area (Å²) in [7, 11) is 3.02. The normalized spacial score (nSPS) is 16.5. The highest BCUT2D eigenvalue weighted by molar-refractivity contribution is 5.93. The number of nitrogens with zero attached hydrogens (tertiary/aromatic N) is 1. The van der Waals surface area contributed by atoms with Gasteiger partial charge in [0.25, 0.3) is 0 Å². The van der Waals surface area contributed by atoms with E-state index in [9.17, 15) is 10.1 Å². The Hall–Kier alpha value is -3.14. The monoisotopic (exact) mass is 372 g/mol. The van der Waals surface area contributed by atoms with Crippen LogP contribution in [0.2, 0.25) is 0 Å². The van der Waals surface area contributed by atoms with Gasteiger partial charge in [-0.3, -0.25) is 0 Å². The van der Waals surface area contributed by atoms with Crippen LogP contribution in [-0.4, -0.2) is 26.8 Å². The Balaban J connectivity index is 2.78. The number of allylic oxidation sites excluding steroid dienone is 2. The second-order valence-electron chi connectivity index (χ2n) is 5.81. The Morgan fingerprint density at radius 2 is 2.04 bits per heavy atom. The van der Waals surface area contributed by atoms with Crippen molar-refractivity contribution in [2.45, 2.75) is 32.6 Å². The van der Waals surface area contributed by atoms with E-state index >= 15 is 0 Å². The van der Waals surface area contributed by atoms with Crippen molar-refractivity contribution in [3.05, 3.63) is 46.6 Å². The first-order chi connectivity index (χ1) is 13.0. The minimum Gasteiger partial charge on any atom is -0.493 e. The van der Waals surface area contributed by atoms with Crippen LogP contribution in [0.3, 0.4) is 0 Å². The maximum Gasteiger partial charge on any atom is 0.338 e. The van der Waals surface area contributed by atoms with E-state index in [-0.39, 0.29) is 23.6 Å². The van der Waals surface area contributed by atoms with Crippen LogP contribution >= 0.6 is 0 Å². The van der Waals surface area contributed by atoms with E-state index in [1.807, 2.05) is 6.92 Å². The summed E-state index contributed by atoms with van der Waals surface area (Å²) in [5, 5.41) is 9.71. The minimum absolute atomic E-state index is 0.0242. The minimum atomic E-state index is -0.769. The lowest BCUT2D eigenvalue weighted by Crippen LogP contribution is -2.26. The summed E-state index contributed by atoms with van der Waals surface area (Å²) in [6.07, 6.45) is 1.21. The Bertz CT molecular complexity index is 820. The molecule has 144 valence electrons. The smallest absolute Gasteiger partial charge is 0.338 e. The third kappa shape index (κ3) is 3.85. The molecular formula is C20H24N2O5. The number of methoxy groups -OCH3 is 2. The van der Waals surface area contributed by atoms with Gasteiger partial charge in [-0.25, -0.2) is 4.79 Å². The van der Waals surface area contributed by atoms with Crippen LogP contribution in [-0.2, 0) is 14.3 Å². The van der Waals surface area contributed by atoms with Gasteiger partial charge in [0.2, 0.25) is 5.88 Å². The lowest BCUT2D eigenvalue weighted by atomic mass is 9.81. The molecule has 0 bridgehead atoms. The first kappa shape index (κ1) is 20.2. The third-order valence-corrected chi connectivity index (χ3v) is 4.21. The molecular weight excluding hydrogens is 348 g/mol. The number of hydrogen-bond donors (Lipinski definition) is 1. The number of nitriles is 1. The molecule has 1 aliphatic heterocycles. The first-order valence-corrected chi connectivity index (χ1v) is 8.72. The lowest BCUT2D eigenvalue weighted by molar-refractivity contribution is -0.139. The Morgan fingerprint density at radius 1 is 1.30 bits per heavy atom. The first-order valence-electron chi connectivity index (χ1n) is 8.72. The molecule has 0 saturated carbocycles. The van der Waals surface area contributed by atoms with Crippen molar-refractivity contribution < 1.29 is 23.7 Å². The molecule has 1 aromatic carbocycles. The van der Waals surface area contributed by atoms with Crippen molar-refractivity contribution in [2.75, 3.05) is 20.8 Å². The van der Waals surface area contributed by atoms with E-state index in [1.165, 1.54) is 14.2 Å². The average Bonchev–Trinajstić information content (AvgIpc) is 2.67. The van der Waals surface area contributed by atoms with Crippen molar-refractivity contribution in [1.82, 2.24) is 0 Å². The second-order valence-corrected chi connectivity index (χ2v) is 5.81. The van der Waals surface area contributed by atoms with Crippen LogP contribution in [0, 0.1) is 11.3 Å². The fourth-order valence-corrected chi connectivity index (χ4v) is 3.11. The molecule has 0 aromatic heterocycles. The van der Waals surface area contributed by atoms with Gasteiger partial charge in [0.05, 0.1) is 32.3 Å². The highest BCUT2D eigenvalue weighted by atomic mass is 16.5. The molecule has 1 atom stereocenters. The summed E-state index contributed by atoms with van der Waals surface area (Å²) in [6.45, 7) is 3.88. The van der Waals surface area contributed by atoms with Crippen LogP contribution in [0.1, 0.15) is 38.2 Å². The number of hydrogen-bond acceptors (Lipinski definition) is 7. The Labute approximate surface area is 159 Å². The Morgan fingerprint density at radius 3 is 2.59 bits per heavy atom. The number of rotatable bonds is 7. The molecule has 2 N–H and O–H groups in total. The molecule has 27 heavy (non-hydrogen) atoms. The summed E-state index contributed by atoms with van der Waals surface area (Å²) >= 11 is 0. The van der Waals surface area contributed by atoms with Crippen molar-refractivity contribution in [3.8, 4) is 17.6 Å². The largest absolute Gasteiger partial charge is 0.493 e. The van der Waals surface area contributed by atoms with Gasteiger partial charge in [-0.15, -0.1) is 0 Å². The number of benzene rings is 1. The lowest BCUT2D eigenvalue weighted by Gasteiger charge is -2.29. The third-order valence-electron chi connectivity index (χ3n) is 4.21. The maximum atomic E-state index is 12.8. The zero-order valence-electron chi connectivity index (χ0n) is 16.0. The second kappa shape index (κ2) is 8.99. The predicted octanol–water partition coefficient (Wildman–Crippen LogP) is 3.13. The molecule has 7 heteroatoms. The standard InChI is InChI=1S/C20H24N2O5/c1-5-8-14-17(20(23)26-6-2)16(13(11-21)19(22)27-14)12-9-7-10-15(24-3)18(12)25-4/h7,9-10,16H,5-6,8,22H2,1-4H3. The molecule has 7 nitrogen and oxygen atoms in total. The summed E-state index contributed by atoms with van der Waals surface area (Å²) in [4.78, 5) is 12.8. The van der Waals surface area contributed by atoms with Crippen LogP contribution in [0.5, 0.6) is 11.5 Å². The maximum absolute atomic E-state index is 12.8. The molecule has 1 unspecified atom stereocenters. The van der Waals surface area contributed by atoms with E-state index in [1.54, 1.807) is 25.1 Å². The molecule has 0 radical (unpaired) electrons. The Kier molecular flexibility index (Phi) is 6.72. The summed E-state index contributed by atoms with van der Waals surface area (Å²) in [5.41, 5.74) is 6.98. The summed E-state index contributed by atoms with van der Waals surface area (Å²) < 4.78 is 21.8. The topological polar surface area (TPSA) is 104 Å². The van der Waals surface area contributed by atoms with Gasteiger partial charge in [0.15, 0.2) is 11.5 Å². The van der Waals surface area contributed by atoms with E-state index < -0.39 is 11.9 Å². The van der Waals surface area contributed by atoms with Crippen LogP contribution < -0.4 is 15.2 Å². The summed E-state index contributed by atoms with van der Waals surface area (Å²) in [5.74, 6) is -0.0284. The zero-order chi connectivity index (χ0) is 20.0. The van der Waals surface area contributed by atoms with Crippen molar-refractivity contribution in [1.29, 1.82) is 5.26 Å². The fourth-order valence-electron chi connectivity index (χ4n) is 3.11. The van der Waals surface area contributed by atoms with E-state index in [0.29, 0.717) is 29.2 Å². The van der Waals surface area contributed by atoms with Gasteiger partial charge in [0.1, 0.15) is 17.4 Å². The molecule has 0 fully saturated rings. The zero-order valence-corrected chi connectivity index (χ0v) is 16.0. The van der Waals surface area contributed by atoms with E-state index in [4.69, 9.17) is 24.7 Å². The number of para-hydroxylation sites is 1. The number of carbonyl (C=O) groups is 1. The van der Waals surface area contributed by atoms with Crippen molar-refractivity contribution in [2.24, 2.45) is 5.73 Å². The quantitative estimate of drug-likeness (QED) is 0.733. The highest BCUT2D eigenvalue weighted by Crippen LogP contribution is 2.46. The molecule has 1 aromatic rings. The van der Waals surface area contributed by atoms with Gasteiger partial charge in [-0.2, -0.15) is 5.26 Å². The number of carbonyl (C=O) groups excluding carboxylic acids is 1. The highest BCUT2D eigenvalue weighted by Gasteiger charge is 2.39. The van der Waals surface area contributed by atoms with Crippen LogP contribution in [0.15, 0.2) is 41.0 Å². The molecule has 2 rings (SSSR count). The van der Waals surface area contributed by atoms with Gasteiger partial charge < -0.3 is 24.7 Å². The van der Waals surface area contributed by atoms with Gasteiger partial charge in [0, 0.05) is 12.0 Å². The van der Waals surface area contributed by atoms with Gasteiger partial charge in [-0.05, 0) is 19.4 Å². The fraction of sp³-hybridized carbons (Fsp3) is 0.400. The SMILES string of the molecule is CCCC1=C(C(=O)OCC)C(c2cccc(OC)c2OC)C(C#N)=C(N)O1. The number of nitrogens with two attached hydrogens (primary N) is 1. The van der Waals surface area contributed by atoms with Crippen LogP contribution in [0.25, 0.3) is 0 Å².